The zero-order valence-corrected chi connectivity index (χ0v) is 24.8. The van der Waals surface area contributed by atoms with Gasteiger partial charge in [0.15, 0.2) is 0 Å². The van der Waals surface area contributed by atoms with Crippen LogP contribution in [0.5, 0.6) is 11.5 Å². The van der Waals surface area contributed by atoms with Gasteiger partial charge in [0.2, 0.25) is 10.0 Å². The van der Waals surface area contributed by atoms with E-state index in [1.807, 2.05) is 54.6 Å². The molecule has 4 aromatic rings. The molecule has 43 heavy (non-hydrogen) atoms. The van der Waals surface area contributed by atoms with Crippen molar-refractivity contribution in [1.29, 1.82) is 0 Å². The minimum atomic E-state index is -4.01. The number of phenols is 1. The van der Waals surface area contributed by atoms with Gasteiger partial charge in [0.25, 0.3) is 0 Å². The van der Waals surface area contributed by atoms with Crippen molar-refractivity contribution in [2.45, 2.75) is 61.9 Å². The lowest BCUT2D eigenvalue weighted by Crippen LogP contribution is -2.41. The van der Waals surface area contributed by atoms with Gasteiger partial charge in [0.1, 0.15) is 17.5 Å². The van der Waals surface area contributed by atoms with E-state index in [1.165, 1.54) is 24.3 Å². The maximum atomic E-state index is 13.8. The van der Waals surface area contributed by atoms with Crippen LogP contribution in [0.4, 0.5) is 0 Å². The summed E-state index contributed by atoms with van der Waals surface area (Å²) in [5.41, 5.74) is 2.90. The third-order valence-electron chi connectivity index (χ3n) is 8.33. The first-order valence-corrected chi connectivity index (χ1v) is 16.0. The van der Waals surface area contributed by atoms with Crippen molar-refractivity contribution in [3.05, 3.63) is 90.5 Å². The Labute approximate surface area is 251 Å². The fraction of sp³-hybridized carbons (Fsp3) is 0.324. The Kier molecular flexibility index (Phi) is 8.38. The quantitative estimate of drug-likeness (QED) is 0.233. The zero-order valence-electron chi connectivity index (χ0n) is 24.0. The van der Waals surface area contributed by atoms with Gasteiger partial charge < -0.3 is 19.3 Å². The average Bonchev–Trinajstić information content (AvgIpc) is 3.71. The monoisotopic (exact) mass is 601 g/mol. The molecule has 1 aliphatic heterocycles. The van der Waals surface area contributed by atoms with E-state index in [9.17, 15) is 18.3 Å². The Morgan fingerprint density at radius 1 is 0.860 bits per heavy atom. The summed E-state index contributed by atoms with van der Waals surface area (Å²) >= 11 is 0. The summed E-state index contributed by atoms with van der Waals surface area (Å²) in [5, 5.41) is 11.2. The van der Waals surface area contributed by atoms with Gasteiger partial charge in [-0.05, 0) is 89.5 Å². The minimum absolute atomic E-state index is 0.0416. The van der Waals surface area contributed by atoms with E-state index in [1.54, 1.807) is 30.3 Å². The summed E-state index contributed by atoms with van der Waals surface area (Å²) in [5.74, 6) is 0.392. The van der Waals surface area contributed by atoms with E-state index in [-0.39, 0.29) is 36.3 Å². The van der Waals surface area contributed by atoms with Crippen molar-refractivity contribution in [3.8, 4) is 22.6 Å². The topological polar surface area (TPSA) is 102 Å². The zero-order chi connectivity index (χ0) is 30.0. The molecule has 0 bridgehead atoms. The van der Waals surface area contributed by atoms with Crippen molar-refractivity contribution in [1.82, 2.24) is 4.31 Å². The van der Waals surface area contributed by atoms with E-state index in [2.05, 4.69) is 0 Å². The number of fused-ring (bicyclic) bond motifs is 1. The number of phenolic OH excluding ortho intramolecular Hbond substituents is 1. The highest BCUT2D eigenvalue weighted by Gasteiger charge is 2.45. The van der Waals surface area contributed by atoms with Crippen LogP contribution in [0, 0.1) is 0 Å². The van der Waals surface area contributed by atoms with Crippen LogP contribution in [0.15, 0.2) is 89.8 Å². The number of hydrogen-bond acceptors (Lipinski definition) is 7. The largest absolute Gasteiger partial charge is 0.508 e. The molecule has 2 aliphatic rings. The lowest BCUT2D eigenvalue weighted by molar-refractivity contribution is -0.144. The first-order chi connectivity index (χ1) is 20.8. The Bertz CT molecular complexity index is 1700. The molecule has 8 nitrogen and oxygen atoms in total. The normalized spacial score (nSPS) is 19.6. The molecule has 1 N–H and O–H groups in total. The Hall–Kier alpha value is -3.92. The molecule has 2 fully saturated rings. The van der Waals surface area contributed by atoms with E-state index in [4.69, 9.17) is 14.2 Å². The molecular weight excluding hydrogens is 566 g/mol. The van der Waals surface area contributed by atoms with Gasteiger partial charge in [0, 0.05) is 13.0 Å². The first kappa shape index (κ1) is 29.2. The number of rotatable bonds is 9. The summed E-state index contributed by atoms with van der Waals surface area (Å²) < 4.78 is 46.1. The molecule has 2 atom stereocenters. The van der Waals surface area contributed by atoms with Crippen LogP contribution in [0.2, 0.25) is 0 Å². The summed E-state index contributed by atoms with van der Waals surface area (Å²) in [6, 6.07) is 24.5. The Balaban J connectivity index is 1.15. The molecule has 0 spiro atoms. The van der Waals surface area contributed by atoms with Gasteiger partial charge in [-0.3, -0.25) is 4.79 Å². The highest BCUT2D eigenvalue weighted by Crippen LogP contribution is 2.32. The number of nitrogens with zero attached hydrogens (tertiary/aromatic N) is 1. The summed E-state index contributed by atoms with van der Waals surface area (Å²) in [7, 11) is -2.75. The highest BCUT2D eigenvalue weighted by molar-refractivity contribution is 7.89. The third kappa shape index (κ3) is 6.39. The van der Waals surface area contributed by atoms with Gasteiger partial charge in [0.05, 0.1) is 30.8 Å². The Morgan fingerprint density at radius 2 is 1.51 bits per heavy atom. The molecule has 9 heteroatoms. The van der Waals surface area contributed by atoms with Crippen molar-refractivity contribution in [3.63, 3.8) is 0 Å². The highest BCUT2D eigenvalue weighted by atomic mass is 32.2. The number of ether oxygens (including phenoxy) is 3. The second-order valence-electron chi connectivity index (χ2n) is 11.2. The second-order valence-corrected chi connectivity index (χ2v) is 13.1. The Morgan fingerprint density at radius 3 is 2.21 bits per heavy atom. The number of carbonyl (C=O) groups excluding carboxylic acids is 1. The fourth-order valence-electron chi connectivity index (χ4n) is 5.94. The number of aromatic hydroxyl groups is 1. The van der Waals surface area contributed by atoms with Crippen LogP contribution in [0.1, 0.15) is 37.7 Å². The SMILES string of the molecule is COC(=O)[C@@H]1C[C@H](OCc2ccc(-c3ccc(O)cc3)cc2)CN1S(=O)(=O)c1ccc2cc(OC3CCCC3)ccc2c1. The van der Waals surface area contributed by atoms with Gasteiger partial charge in [-0.15, -0.1) is 0 Å². The number of methoxy groups -OCH3 is 1. The first-order valence-electron chi connectivity index (χ1n) is 14.6. The predicted octanol–water partition coefficient (Wildman–Crippen LogP) is 6.06. The van der Waals surface area contributed by atoms with Gasteiger partial charge >= 0.3 is 5.97 Å². The molecule has 0 unspecified atom stereocenters. The summed E-state index contributed by atoms with van der Waals surface area (Å²) in [4.78, 5) is 12.8. The summed E-state index contributed by atoms with van der Waals surface area (Å²) in [6.07, 6.45) is 4.45. The standard InChI is InChI=1S/C34H35NO7S/c1-40-34(37)33-20-31(41-22-23-6-8-24(9-7-23)25-10-14-28(36)15-11-25)21-35(33)43(38,39)32-17-13-26-18-30(16-12-27(26)19-32)42-29-4-2-3-5-29/h6-19,29,31,33,36H,2-5,20-22H2,1H3/t31-,33-/m0/s1. The van der Waals surface area contributed by atoms with Crippen LogP contribution < -0.4 is 4.74 Å². The van der Waals surface area contributed by atoms with Crippen molar-refractivity contribution >= 4 is 26.8 Å². The van der Waals surface area contributed by atoms with Crippen LogP contribution >= 0.6 is 0 Å². The lowest BCUT2D eigenvalue weighted by Gasteiger charge is -2.22. The van der Waals surface area contributed by atoms with Crippen LogP contribution in [-0.2, 0) is 30.9 Å². The van der Waals surface area contributed by atoms with Crippen LogP contribution in [0.25, 0.3) is 21.9 Å². The fourth-order valence-corrected chi connectivity index (χ4v) is 7.59. The molecular formula is C34H35NO7S. The molecule has 0 amide bonds. The smallest absolute Gasteiger partial charge is 0.324 e. The second kappa shape index (κ2) is 12.4. The van der Waals surface area contributed by atoms with E-state index in [0.717, 1.165) is 46.1 Å². The number of hydrogen-bond donors (Lipinski definition) is 1. The van der Waals surface area contributed by atoms with Crippen LogP contribution in [-0.4, -0.2) is 55.7 Å². The van der Waals surface area contributed by atoms with Gasteiger partial charge in [-0.25, -0.2) is 8.42 Å². The lowest BCUT2D eigenvalue weighted by atomic mass is 10.0. The van der Waals surface area contributed by atoms with E-state index in [0.29, 0.717) is 0 Å². The molecule has 1 saturated heterocycles. The predicted molar refractivity (Wildman–Crippen MR) is 163 cm³/mol. The number of carbonyl (C=O) groups is 1. The molecule has 0 radical (unpaired) electrons. The van der Waals surface area contributed by atoms with E-state index < -0.39 is 28.1 Å². The van der Waals surface area contributed by atoms with E-state index >= 15 is 0 Å². The maximum absolute atomic E-state index is 13.8. The van der Waals surface area contributed by atoms with Crippen molar-refractivity contribution in [2.75, 3.05) is 13.7 Å². The molecule has 1 heterocycles. The molecule has 1 saturated carbocycles. The minimum Gasteiger partial charge on any atom is -0.508 e. The van der Waals surface area contributed by atoms with Gasteiger partial charge in [-0.2, -0.15) is 4.31 Å². The van der Waals surface area contributed by atoms with Crippen LogP contribution in [0.3, 0.4) is 0 Å². The molecule has 1 aliphatic carbocycles. The summed E-state index contributed by atoms with van der Waals surface area (Å²) in [6.45, 7) is 0.309. The van der Waals surface area contributed by atoms with Gasteiger partial charge in [-0.1, -0.05) is 48.5 Å². The average molecular weight is 602 g/mol. The molecule has 4 aromatic carbocycles. The number of esters is 1. The molecule has 224 valence electrons. The van der Waals surface area contributed by atoms with Crippen molar-refractivity contribution < 1.29 is 32.5 Å². The van der Waals surface area contributed by atoms with Crippen molar-refractivity contribution in [2.24, 2.45) is 0 Å². The number of sulfonamides is 1. The molecule has 6 rings (SSSR count). The molecule has 0 aromatic heterocycles. The third-order valence-corrected chi connectivity index (χ3v) is 10.2. The number of benzene rings is 4. The maximum Gasteiger partial charge on any atom is 0.324 e.